The van der Waals surface area contributed by atoms with Crippen molar-refractivity contribution in [3.8, 4) is 6.19 Å². The molecule has 0 fully saturated rings. The summed E-state index contributed by atoms with van der Waals surface area (Å²) in [6.45, 7) is 4.36. The van der Waals surface area contributed by atoms with Gasteiger partial charge in [-0.05, 0) is 43.9 Å². The highest BCUT2D eigenvalue weighted by Gasteiger charge is 2.07. The Balaban J connectivity index is 3.01. The Bertz CT molecular complexity index is 534. The third-order valence-electron chi connectivity index (χ3n) is 2.37. The molecule has 1 amide bonds. The molecule has 6 heteroatoms. The Morgan fingerprint density at radius 3 is 2.79 bits per heavy atom. The van der Waals surface area contributed by atoms with Gasteiger partial charge in [0.25, 0.3) is 5.91 Å². The Morgan fingerprint density at radius 2 is 2.26 bits per heavy atom. The van der Waals surface area contributed by atoms with E-state index < -0.39 is 0 Å². The predicted octanol–water partition coefficient (Wildman–Crippen LogP) is 2.17. The van der Waals surface area contributed by atoms with E-state index in [0.29, 0.717) is 17.3 Å². The summed E-state index contributed by atoms with van der Waals surface area (Å²) in [5, 5.41) is 14.4. The lowest BCUT2D eigenvalue weighted by Crippen LogP contribution is -2.22. The monoisotopic (exact) mass is 276 g/mol. The number of nitrogens with zero attached hydrogens (tertiary/aromatic N) is 2. The van der Waals surface area contributed by atoms with E-state index in [1.807, 2.05) is 26.3 Å². The highest BCUT2D eigenvalue weighted by atomic mass is 32.2. The van der Waals surface area contributed by atoms with Crippen LogP contribution in [0.5, 0.6) is 0 Å². The lowest BCUT2D eigenvalue weighted by atomic mass is 10.1. The van der Waals surface area contributed by atoms with Gasteiger partial charge in [0.05, 0.1) is 5.69 Å². The zero-order valence-corrected chi connectivity index (χ0v) is 12.0. The van der Waals surface area contributed by atoms with Crippen LogP contribution in [0, 0.1) is 18.4 Å². The highest BCUT2D eigenvalue weighted by molar-refractivity contribution is 8.13. The third kappa shape index (κ3) is 4.30. The predicted molar refractivity (Wildman–Crippen MR) is 78.5 cm³/mol. The number of nitrogens with one attached hydrogen (secondary N) is 2. The van der Waals surface area contributed by atoms with Gasteiger partial charge in [-0.1, -0.05) is 11.8 Å². The minimum atomic E-state index is -0.0960. The summed E-state index contributed by atoms with van der Waals surface area (Å²) in [6.07, 6.45) is 3.67. The molecular formula is C13H16N4OS. The molecule has 0 saturated heterocycles. The first-order valence-electron chi connectivity index (χ1n) is 5.79. The van der Waals surface area contributed by atoms with E-state index in [0.717, 1.165) is 11.3 Å². The van der Waals surface area contributed by atoms with Gasteiger partial charge in [0.2, 0.25) is 0 Å². The highest BCUT2D eigenvalue weighted by Crippen LogP contribution is 2.21. The number of hydrogen-bond donors (Lipinski definition) is 2. The second-order valence-electron chi connectivity index (χ2n) is 3.72. The molecule has 0 bridgehead atoms. The molecule has 0 aliphatic carbocycles. The molecule has 0 atom stereocenters. The third-order valence-corrected chi connectivity index (χ3v) is 2.95. The van der Waals surface area contributed by atoms with Crippen LogP contribution < -0.4 is 10.6 Å². The van der Waals surface area contributed by atoms with Crippen molar-refractivity contribution in [3.63, 3.8) is 0 Å². The number of rotatable bonds is 3. The van der Waals surface area contributed by atoms with Crippen LogP contribution in [0.3, 0.4) is 0 Å². The molecule has 19 heavy (non-hydrogen) atoms. The smallest absolute Gasteiger partial charge is 0.251 e. The number of carbonyl (C=O) groups excluding carboxylic acids is 1. The van der Waals surface area contributed by atoms with E-state index in [-0.39, 0.29) is 5.91 Å². The molecule has 2 N–H and O–H groups in total. The maximum Gasteiger partial charge on any atom is 0.251 e. The van der Waals surface area contributed by atoms with Gasteiger partial charge in [0, 0.05) is 12.1 Å². The van der Waals surface area contributed by atoms with Crippen molar-refractivity contribution >= 4 is 28.5 Å². The normalized spacial score (nSPS) is 10.7. The minimum Gasteiger partial charge on any atom is -0.352 e. The molecule has 0 aromatic heterocycles. The molecule has 1 rings (SSSR count). The molecule has 0 saturated carbocycles. The van der Waals surface area contributed by atoms with Gasteiger partial charge < -0.3 is 5.32 Å². The van der Waals surface area contributed by atoms with Crippen molar-refractivity contribution in [2.24, 2.45) is 4.99 Å². The fourth-order valence-corrected chi connectivity index (χ4v) is 1.80. The first-order chi connectivity index (χ1) is 9.12. The van der Waals surface area contributed by atoms with Crippen molar-refractivity contribution in [2.45, 2.75) is 13.8 Å². The van der Waals surface area contributed by atoms with Crippen molar-refractivity contribution in [2.75, 3.05) is 12.8 Å². The fraction of sp³-hybridized carbons (Fsp3) is 0.308. The van der Waals surface area contributed by atoms with Crippen LogP contribution in [0.2, 0.25) is 0 Å². The second-order valence-corrected chi connectivity index (χ2v) is 4.51. The summed E-state index contributed by atoms with van der Waals surface area (Å²) >= 11 is 1.35. The lowest BCUT2D eigenvalue weighted by Gasteiger charge is -2.06. The van der Waals surface area contributed by atoms with Gasteiger partial charge in [-0.15, -0.1) is 0 Å². The fourth-order valence-electron chi connectivity index (χ4n) is 1.47. The summed E-state index contributed by atoms with van der Waals surface area (Å²) in [5.74, 6) is -0.0960. The molecule has 0 unspecified atom stereocenters. The Morgan fingerprint density at radius 1 is 1.53 bits per heavy atom. The molecule has 0 aliphatic heterocycles. The van der Waals surface area contributed by atoms with Gasteiger partial charge in [0.15, 0.2) is 11.4 Å². The van der Waals surface area contributed by atoms with Gasteiger partial charge in [-0.3, -0.25) is 10.1 Å². The molecule has 0 heterocycles. The van der Waals surface area contributed by atoms with E-state index in [1.165, 1.54) is 11.8 Å². The van der Waals surface area contributed by atoms with Crippen molar-refractivity contribution < 1.29 is 4.79 Å². The van der Waals surface area contributed by atoms with Crippen LogP contribution in [0.4, 0.5) is 5.69 Å². The SMILES string of the molecule is CCNC(=O)c1ccc(N=C(NC#N)SC)c(C)c1. The van der Waals surface area contributed by atoms with Gasteiger partial charge in [-0.25, -0.2) is 4.99 Å². The Kier molecular flexibility index (Phi) is 5.90. The van der Waals surface area contributed by atoms with Crippen molar-refractivity contribution in [1.82, 2.24) is 10.6 Å². The van der Waals surface area contributed by atoms with E-state index >= 15 is 0 Å². The maximum absolute atomic E-state index is 11.7. The first kappa shape index (κ1) is 15.1. The lowest BCUT2D eigenvalue weighted by molar-refractivity contribution is 0.0956. The summed E-state index contributed by atoms with van der Waals surface area (Å²) in [6, 6.07) is 5.28. The first-order valence-corrected chi connectivity index (χ1v) is 7.01. The molecule has 1 aromatic carbocycles. The average Bonchev–Trinajstić information content (AvgIpc) is 2.40. The molecule has 100 valence electrons. The van der Waals surface area contributed by atoms with E-state index in [2.05, 4.69) is 15.6 Å². The van der Waals surface area contributed by atoms with Crippen LogP contribution in [0.1, 0.15) is 22.8 Å². The van der Waals surface area contributed by atoms with Crippen LogP contribution in [0.15, 0.2) is 23.2 Å². The van der Waals surface area contributed by atoms with Gasteiger partial charge in [-0.2, -0.15) is 5.26 Å². The Hall–Kier alpha value is -2.00. The molecular weight excluding hydrogens is 260 g/mol. The Labute approximate surface area is 117 Å². The number of amides is 1. The average molecular weight is 276 g/mol. The van der Waals surface area contributed by atoms with E-state index in [1.54, 1.807) is 18.2 Å². The molecule has 1 aromatic rings. The summed E-state index contributed by atoms with van der Waals surface area (Å²) in [7, 11) is 0. The minimum absolute atomic E-state index is 0.0960. The molecule has 0 spiro atoms. The number of thioether (sulfide) groups is 1. The topological polar surface area (TPSA) is 77.3 Å². The van der Waals surface area contributed by atoms with Gasteiger partial charge in [0.1, 0.15) is 0 Å². The van der Waals surface area contributed by atoms with Crippen LogP contribution >= 0.6 is 11.8 Å². The number of carbonyl (C=O) groups is 1. The number of hydrogen-bond acceptors (Lipinski definition) is 4. The summed E-state index contributed by atoms with van der Waals surface area (Å²) in [4.78, 5) is 16.0. The number of aryl methyl sites for hydroxylation is 1. The van der Waals surface area contributed by atoms with Crippen molar-refractivity contribution in [3.05, 3.63) is 29.3 Å². The maximum atomic E-state index is 11.7. The summed E-state index contributed by atoms with van der Waals surface area (Å²) < 4.78 is 0. The molecule has 5 nitrogen and oxygen atoms in total. The number of nitriles is 1. The second kappa shape index (κ2) is 7.44. The van der Waals surface area contributed by atoms with E-state index in [9.17, 15) is 4.79 Å². The zero-order valence-electron chi connectivity index (χ0n) is 11.2. The number of benzene rings is 1. The standard InChI is InChI=1S/C13H16N4OS/c1-4-15-12(18)10-5-6-11(9(2)7-10)17-13(19-3)16-8-14/h5-7H,4H2,1-3H3,(H,15,18)(H,16,17). The van der Waals surface area contributed by atoms with Crippen LogP contribution in [-0.4, -0.2) is 23.9 Å². The van der Waals surface area contributed by atoms with Crippen LogP contribution in [-0.2, 0) is 0 Å². The molecule has 0 aliphatic rings. The zero-order chi connectivity index (χ0) is 14.3. The van der Waals surface area contributed by atoms with Crippen molar-refractivity contribution in [1.29, 1.82) is 5.26 Å². The van der Waals surface area contributed by atoms with Crippen LogP contribution in [0.25, 0.3) is 0 Å². The largest absolute Gasteiger partial charge is 0.352 e. The number of aliphatic imine (C=N–C) groups is 1. The molecule has 0 radical (unpaired) electrons. The summed E-state index contributed by atoms with van der Waals surface area (Å²) in [5.41, 5.74) is 2.23. The quantitative estimate of drug-likeness (QED) is 0.384. The van der Waals surface area contributed by atoms with Gasteiger partial charge >= 0.3 is 0 Å². The number of amidine groups is 1. The van der Waals surface area contributed by atoms with E-state index in [4.69, 9.17) is 5.26 Å².